The second-order valence-corrected chi connectivity index (χ2v) is 6.24. The minimum atomic E-state index is -0.609. The summed E-state index contributed by atoms with van der Waals surface area (Å²) in [6.07, 6.45) is 0.728. The summed E-state index contributed by atoms with van der Waals surface area (Å²) in [5.41, 5.74) is 7.69. The zero-order valence-corrected chi connectivity index (χ0v) is 13.7. The van der Waals surface area contributed by atoms with Crippen LogP contribution >= 0.6 is 0 Å². The molecule has 2 unspecified atom stereocenters. The van der Waals surface area contributed by atoms with Gasteiger partial charge in [0.2, 0.25) is 11.8 Å². The average Bonchev–Trinajstić information content (AvgIpc) is 2.51. The number of carbonyl (C=O) groups is 2. The molecule has 0 saturated carbocycles. The highest BCUT2D eigenvalue weighted by Gasteiger charge is 2.21. The third kappa shape index (κ3) is 5.33. The van der Waals surface area contributed by atoms with Crippen LogP contribution in [-0.4, -0.2) is 37.1 Å². The van der Waals surface area contributed by atoms with Crippen LogP contribution in [0, 0.1) is 5.92 Å². The number of nitrogens with one attached hydrogen (secondary N) is 2. The first-order valence-electron chi connectivity index (χ1n) is 7.98. The van der Waals surface area contributed by atoms with Crippen molar-refractivity contribution in [1.82, 2.24) is 5.32 Å². The van der Waals surface area contributed by atoms with Crippen molar-refractivity contribution in [2.75, 3.05) is 18.5 Å². The third-order valence-corrected chi connectivity index (χ3v) is 3.93. The van der Waals surface area contributed by atoms with Crippen LogP contribution in [0.15, 0.2) is 24.3 Å². The molecule has 6 nitrogen and oxygen atoms in total. The van der Waals surface area contributed by atoms with Crippen LogP contribution in [0.4, 0.5) is 5.69 Å². The Balaban J connectivity index is 2.14. The van der Waals surface area contributed by atoms with E-state index in [4.69, 9.17) is 10.5 Å². The Labute approximate surface area is 136 Å². The lowest BCUT2D eigenvalue weighted by atomic mass is 10.0. The van der Waals surface area contributed by atoms with Gasteiger partial charge in [0.05, 0.1) is 31.7 Å². The lowest BCUT2D eigenvalue weighted by Gasteiger charge is -2.24. The molecule has 0 saturated heterocycles. The molecule has 2 atom stereocenters. The topological polar surface area (TPSA) is 93.4 Å². The standard InChI is InChI=1S/C17H25N3O3/c1-11(2)15-10-23-8-7-16(21)19-13-5-3-12(4-6-13)9-14(18)17(22)20-15/h3-6,11,14-15H,7-10,18H2,1-2H3,(H,19,21)(H,20,22). The van der Waals surface area contributed by atoms with E-state index in [0.717, 1.165) is 11.3 Å². The second kappa shape index (κ2) is 8.08. The minimum Gasteiger partial charge on any atom is -0.379 e. The number of anilines is 1. The second-order valence-electron chi connectivity index (χ2n) is 6.24. The summed E-state index contributed by atoms with van der Waals surface area (Å²) < 4.78 is 5.55. The van der Waals surface area contributed by atoms with Gasteiger partial charge in [-0.2, -0.15) is 0 Å². The number of hydrogen-bond donors (Lipinski definition) is 3. The molecule has 0 spiro atoms. The van der Waals surface area contributed by atoms with E-state index >= 15 is 0 Å². The minimum absolute atomic E-state index is 0.0885. The fourth-order valence-corrected chi connectivity index (χ4v) is 2.36. The van der Waals surface area contributed by atoms with Crippen LogP contribution in [0.5, 0.6) is 0 Å². The number of carbonyl (C=O) groups excluding carboxylic acids is 2. The summed E-state index contributed by atoms with van der Waals surface area (Å²) in [7, 11) is 0. The molecule has 2 aliphatic heterocycles. The van der Waals surface area contributed by atoms with Gasteiger partial charge in [-0.15, -0.1) is 0 Å². The van der Waals surface area contributed by atoms with E-state index in [1.54, 1.807) is 0 Å². The SMILES string of the molecule is CC(C)C1COCCC(=O)Nc2ccc(cc2)CC(N)C(=O)N1. The summed E-state index contributed by atoms with van der Waals surface area (Å²) in [5, 5.41) is 5.77. The summed E-state index contributed by atoms with van der Waals surface area (Å²) >= 11 is 0. The molecule has 2 aliphatic rings. The van der Waals surface area contributed by atoms with E-state index in [1.807, 2.05) is 38.1 Å². The first-order chi connectivity index (χ1) is 11.0. The van der Waals surface area contributed by atoms with E-state index in [-0.39, 0.29) is 30.2 Å². The fourth-order valence-electron chi connectivity index (χ4n) is 2.36. The largest absolute Gasteiger partial charge is 0.379 e. The number of rotatable bonds is 1. The Hall–Kier alpha value is -1.92. The van der Waals surface area contributed by atoms with Gasteiger partial charge in [0.15, 0.2) is 0 Å². The summed E-state index contributed by atoms with van der Waals surface area (Å²) in [6, 6.07) is 6.65. The zero-order valence-electron chi connectivity index (χ0n) is 13.7. The van der Waals surface area contributed by atoms with Gasteiger partial charge in [-0.05, 0) is 30.0 Å². The van der Waals surface area contributed by atoms with Gasteiger partial charge in [-0.1, -0.05) is 26.0 Å². The number of benzene rings is 1. The van der Waals surface area contributed by atoms with Gasteiger partial charge in [0.1, 0.15) is 0 Å². The van der Waals surface area contributed by atoms with Crippen molar-refractivity contribution in [3.8, 4) is 0 Å². The average molecular weight is 319 g/mol. The quantitative estimate of drug-likeness (QED) is 0.721. The smallest absolute Gasteiger partial charge is 0.237 e. The maximum absolute atomic E-state index is 12.3. The molecule has 4 N–H and O–H groups in total. The summed E-state index contributed by atoms with van der Waals surface area (Å²) in [4.78, 5) is 24.1. The number of fused-ring (bicyclic) bond motifs is 12. The maximum atomic E-state index is 12.3. The lowest BCUT2D eigenvalue weighted by Crippen LogP contribution is -2.49. The number of hydrogen-bond acceptors (Lipinski definition) is 4. The van der Waals surface area contributed by atoms with Crippen LogP contribution in [-0.2, 0) is 20.7 Å². The molecule has 126 valence electrons. The first-order valence-corrected chi connectivity index (χ1v) is 7.98. The summed E-state index contributed by atoms with van der Waals surface area (Å²) in [6.45, 7) is 4.71. The van der Waals surface area contributed by atoms with E-state index in [9.17, 15) is 9.59 Å². The van der Waals surface area contributed by atoms with Gasteiger partial charge >= 0.3 is 0 Å². The molecule has 0 aromatic heterocycles. The molecular weight excluding hydrogens is 294 g/mol. The van der Waals surface area contributed by atoms with Crippen LogP contribution in [0.2, 0.25) is 0 Å². The third-order valence-electron chi connectivity index (χ3n) is 3.93. The van der Waals surface area contributed by atoms with Crippen molar-refractivity contribution in [3.05, 3.63) is 29.8 Å². The van der Waals surface area contributed by atoms with E-state index in [2.05, 4.69) is 10.6 Å². The maximum Gasteiger partial charge on any atom is 0.237 e. The first kappa shape index (κ1) is 17.4. The van der Waals surface area contributed by atoms with Gasteiger partial charge in [-0.3, -0.25) is 9.59 Å². The molecule has 0 radical (unpaired) electrons. The van der Waals surface area contributed by atoms with Crippen LogP contribution < -0.4 is 16.4 Å². The molecular formula is C17H25N3O3. The summed E-state index contributed by atoms with van der Waals surface area (Å²) in [5.74, 6) is -0.0515. The number of nitrogens with two attached hydrogens (primary N) is 1. The van der Waals surface area contributed by atoms with Crippen LogP contribution in [0.25, 0.3) is 0 Å². The molecule has 6 heteroatoms. The lowest BCUT2D eigenvalue weighted by molar-refractivity contribution is -0.124. The highest BCUT2D eigenvalue weighted by molar-refractivity contribution is 5.90. The van der Waals surface area contributed by atoms with E-state index in [1.165, 1.54) is 0 Å². The van der Waals surface area contributed by atoms with Gasteiger partial charge in [0.25, 0.3) is 0 Å². The van der Waals surface area contributed by atoms with E-state index in [0.29, 0.717) is 19.6 Å². The molecule has 2 amide bonds. The molecule has 0 fully saturated rings. The predicted molar refractivity (Wildman–Crippen MR) is 89.0 cm³/mol. The van der Waals surface area contributed by atoms with Gasteiger partial charge in [0, 0.05) is 5.69 Å². The Morgan fingerprint density at radius 3 is 2.57 bits per heavy atom. The molecule has 0 aliphatic carbocycles. The highest BCUT2D eigenvalue weighted by atomic mass is 16.5. The molecule has 1 aromatic carbocycles. The molecule has 1 aromatic rings. The monoisotopic (exact) mass is 319 g/mol. The van der Waals surface area contributed by atoms with E-state index < -0.39 is 6.04 Å². The highest BCUT2D eigenvalue weighted by Crippen LogP contribution is 2.12. The zero-order chi connectivity index (χ0) is 16.8. The predicted octanol–water partition coefficient (Wildman–Crippen LogP) is 1.06. The van der Waals surface area contributed by atoms with Crippen LogP contribution in [0.1, 0.15) is 25.8 Å². The van der Waals surface area contributed by atoms with Crippen molar-refractivity contribution in [2.45, 2.75) is 38.8 Å². The normalized spacial score (nSPS) is 23.8. The molecule has 3 rings (SSSR count). The Morgan fingerprint density at radius 1 is 1.22 bits per heavy atom. The van der Waals surface area contributed by atoms with Gasteiger partial charge < -0.3 is 21.1 Å². The molecule has 2 heterocycles. The van der Waals surface area contributed by atoms with Crippen molar-refractivity contribution < 1.29 is 14.3 Å². The Bertz CT molecular complexity index is 543. The molecule has 2 bridgehead atoms. The van der Waals surface area contributed by atoms with Crippen molar-refractivity contribution >= 4 is 17.5 Å². The Morgan fingerprint density at radius 2 is 1.91 bits per heavy atom. The van der Waals surface area contributed by atoms with Crippen molar-refractivity contribution in [1.29, 1.82) is 0 Å². The number of amides is 2. The van der Waals surface area contributed by atoms with Crippen molar-refractivity contribution in [3.63, 3.8) is 0 Å². The van der Waals surface area contributed by atoms with Crippen LogP contribution in [0.3, 0.4) is 0 Å². The van der Waals surface area contributed by atoms with Gasteiger partial charge in [-0.25, -0.2) is 0 Å². The van der Waals surface area contributed by atoms with Crippen molar-refractivity contribution in [2.24, 2.45) is 11.7 Å². The Kier molecular flexibility index (Phi) is 6.12. The number of ether oxygens (including phenoxy) is 1. The fraction of sp³-hybridized carbons (Fsp3) is 0.529. The molecule has 23 heavy (non-hydrogen) atoms.